The van der Waals surface area contributed by atoms with Crippen molar-refractivity contribution in [2.75, 3.05) is 0 Å². The molecule has 0 bridgehead atoms. The predicted molar refractivity (Wildman–Crippen MR) is 135 cm³/mol. The number of nitrogens with zero attached hydrogens (tertiary/aromatic N) is 6. The summed E-state index contributed by atoms with van der Waals surface area (Å²) in [5, 5.41) is 10.7. The average molecular weight is 472 g/mol. The quantitative estimate of drug-likeness (QED) is 0.462. The highest BCUT2D eigenvalue weighted by molar-refractivity contribution is 5.86. The van der Waals surface area contributed by atoms with Gasteiger partial charge in [0.2, 0.25) is 0 Å². The third-order valence-electron chi connectivity index (χ3n) is 6.55. The maximum absolute atomic E-state index is 13.1. The zero-order valence-electron chi connectivity index (χ0n) is 20.4. The molecule has 0 spiro atoms. The molecule has 0 saturated carbocycles. The van der Waals surface area contributed by atoms with Crippen molar-refractivity contribution in [3.05, 3.63) is 80.3 Å². The molecule has 2 aromatic heterocycles. The minimum atomic E-state index is -0.452. The molecule has 1 N–H and O–H groups in total. The number of aromatic nitrogens is 4. The van der Waals surface area contributed by atoms with Gasteiger partial charge in [-0.25, -0.2) is 14.8 Å². The molecule has 2 unspecified atom stereocenters. The van der Waals surface area contributed by atoms with E-state index in [0.29, 0.717) is 30.0 Å². The summed E-state index contributed by atoms with van der Waals surface area (Å²) in [4.78, 5) is 36.0. The molecule has 5 rings (SSSR count). The first-order chi connectivity index (χ1) is 16.9. The Morgan fingerprint density at radius 1 is 1.06 bits per heavy atom. The first kappa shape index (κ1) is 22.9. The van der Waals surface area contributed by atoms with Crippen LogP contribution in [0.3, 0.4) is 0 Å². The summed E-state index contributed by atoms with van der Waals surface area (Å²) in [6.45, 7) is 6.55. The molecule has 0 saturated heterocycles. The van der Waals surface area contributed by atoms with Crippen LogP contribution < -0.4 is 16.7 Å². The molecule has 9 nitrogen and oxygen atoms in total. The molecule has 35 heavy (non-hydrogen) atoms. The largest absolute Gasteiger partial charge is 0.332 e. The summed E-state index contributed by atoms with van der Waals surface area (Å²) in [6.07, 6.45) is 1.28. The van der Waals surface area contributed by atoms with Crippen molar-refractivity contribution in [1.82, 2.24) is 24.5 Å². The van der Waals surface area contributed by atoms with Crippen LogP contribution in [0.4, 0.5) is 0 Å². The van der Waals surface area contributed by atoms with Gasteiger partial charge in [0.25, 0.3) is 5.56 Å². The van der Waals surface area contributed by atoms with Crippen molar-refractivity contribution < 1.29 is 0 Å². The Morgan fingerprint density at radius 3 is 2.60 bits per heavy atom. The van der Waals surface area contributed by atoms with Crippen molar-refractivity contribution in [2.24, 2.45) is 23.3 Å². The molecular formula is C26H29N7O2. The minimum Gasteiger partial charge on any atom is -0.286 e. The van der Waals surface area contributed by atoms with E-state index in [1.165, 1.54) is 7.05 Å². The van der Waals surface area contributed by atoms with Gasteiger partial charge in [-0.05, 0) is 28.7 Å². The molecule has 0 fully saturated rings. The Balaban J connectivity index is 1.79. The van der Waals surface area contributed by atoms with E-state index in [2.05, 4.69) is 47.0 Å². The Hall–Kier alpha value is -3.88. The Morgan fingerprint density at radius 2 is 1.83 bits per heavy atom. The molecule has 2 atom stereocenters. The number of hydrogen-bond acceptors (Lipinski definition) is 7. The highest BCUT2D eigenvalue weighted by Crippen LogP contribution is 2.31. The average Bonchev–Trinajstić information content (AvgIpc) is 3.34. The first-order valence-electron chi connectivity index (χ1n) is 12.0. The molecule has 9 heteroatoms. The van der Waals surface area contributed by atoms with E-state index in [1.807, 2.05) is 32.0 Å². The van der Waals surface area contributed by atoms with E-state index in [1.54, 1.807) is 4.57 Å². The normalized spacial score (nSPS) is 17.5. The maximum Gasteiger partial charge on any atom is 0.332 e. The second kappa shape index (κ2) is 9.05. The third-order valence-corrected chi connectivity index (χ3v) is 6.55. The second-order valence-electron chi connectivity index (χ2n) is 9.50. The van der Waals surface area contributed by atoms with Crippen LogP contribution >= 0.6 is 0 Å². The molecule has 1 aliphatic rings. The van der Waals surface area contributed by atoms with Crippen molar-refractivity contribution in [2.45, 2.75) is 52.2 Å². The predicted octanol–water partition coefficient (Wildman–Crippen LogP) is 3.68. The number of hydrogen-bond donors (Lipinski definition) is 1. The van der Waals surface area contributed by atoms with Gasteiger partial charge in [0.15, 0.2) is 11.2 Å². The van der Waals surface area contributed by atoms with Crippen molar-refractivity contribution in [3.63, 3.8) is 0 Å². The summed E-state index contributed by atoms with van der Waals surface area (Å²) in [7, 11) is 1.48. The van der Waals surface area contributed by atoms with Gasteiger partial charge in [-0.2, -0.15) is 5.11 Å². The zero-order chi connectivity index (χ0) is 24.7. The van der Waals surface area contributed by atoms with Crippen LogP contribution in [0.25, 0.3) is 21.9 Å². The van der Waals surface area contributed by atoms with Gasteiger partial charge in [0.05, 0.1) is 17.4 Å². The lowest BCUT2D eigenvalue weighted by Gasteiger charge is -2.19. The Labute approximate surface area is 202 Å². The fraction of sp³-hybridized carbons (Fsp3) is 0.385. The van der Waals surface area contributed by atoms with Crippen LogP contribution in [0, 0.1) is 5.92 Å². The van der Waals surface area contributed by atoms with Crippen molar-refractivity contribution in [1.29, 1.82) is 0 Å². The van der Waals surface area contributed by atoms with Crippen molar-refractivity contribution in [3.8, 4) is 0 Å². The van der Waals surface area contributed by atoms with Gasteiger partial charge in [-0.15, -0.1) is 0 Å². The Bertz CT molecular complexity index is 1560. The molecule has 3 heterocycles. The van der Waals surface area contributed by atoms with Crippen LogP contribution in [0.15, 0.2) is 62.4 Å². The number of fused-ring (bicyclic) bond motifs is 2. The zero-order valence-corrected chi connectivity index (χ0v) is 20.4. The second-order valence-corrected chi connectivity index (χ2v) is 9.50. The number of nitrogens with one attached hydrogen (secondary N) is 1. The Kier molecular flexibility index (Phi) is 5.92. The highest BCUT2D eigenvalue weighted by Gasteiger charge is 2.31. The SMILES string of the molecule is CCC1NN=NC1c1nc2c(=O)n(C)c(=O)n(CC(C)C)c2nc1Cc1cccc2ccccc12. The van der Waals surface area contributed by atoms with E-state index >= 15 is 0 Å². The summed E-state index contributed by atoms with van der Waals surface area (Å²) >= 11 is 0. The molecule has 0 amide bonds. The molecule has 2 aromatic carbocycles. The van der Waals surface area contributed by atoms with Gasteiger partial charge in [0, 0.05) is 20.0 Å². The molecule has 0 aliphatic carbocycles. The molecule has 4 aromatic rings. The third kappa shape index (κ3) is 4.00. The van der Waals surface area contributed by atoms with E-state index in [9.17, 15) is 9.59 Å². The molecular weight excluding hydrogens is 442 g/mol. The van der Waals surface area contributed by atoms with Gasteiger partial charge >= 0.3 is 5.69 Å². The fourth-order valence-corrected chi connectivity index (χ4v) is 4.73. The standard InChI is InChI=1S/C26H29N7O2/c1-5-19-22(30-31-29-19)21-20(13-17-11-8-10-16-9-6-7-12-18(16)17)27-24-23(28-21)25(34)32(4)26(35)33(24)14-15(2)3/h6-12,15,19,22H,5,13-14H2,1-4H3,(H,29,30). The lowest BCUT2D eigenvalue weighted by atomic mass is 9.96. The van der Waals surface area contributed by atoms with Crippen LogP contribution in [0.2, 0.25) is 0 Å². The topological polar surface area (TPSA) is 107 Å². The maximum atomic E-state index is 13.1. The fourth-order valence-electron chi connectivity index (χ4n) is 4.73. The van der Waals surface area contributed by atoms with E-state index in [4.69, 9.17) is 9.97 Å². The summed E-state index contributed by atoms with van der Waals surface area (Å²) in [5.74, 6) is 0.189. The smallest absolute Gasteiger partial charge is 0.286 e. The van der Waals surface area contributed by atoms with E-state index < -0.39 is 5.56 Å². The van der Waals surface area contributed by atoms with Crippen LogP contribution in [0.1, 0.15) is 50.2 Å². The summed E-state index contributed by atoms with van der Waals surface area (Å²) < 4.78 is 2.68. The lowest BCUT2D eigenvalue weighted by Crippen LogP contribution is -2.40. The minimum absolute atomic E-state index is 0.0431. The van der Waals surface area contributed by atoms with Gasteiger partial charge in [-0.3, -0.25) is 19.4 Å². The number of benzene rings is 2. The lowest BCUT2D eigenvalue weighted by molar-refractivity contribution is 0.491. The van der Waals surface area contributed by atoms with Gasteiger partial charge in [0.1, 0.15) is 6.04 Å². The van der Waals surface area contributed by atoms with Crippen LogP contribution in [0.5, 0.6) is 0 Å². The molecule has 0 radical (unpaired) electrons. The van der Waals surface area contributed by atoms with E-state index in [-0.39, 0.29) is 29.2 Å². The van der Waals surface area contributed by atoms with Gasteiger partial charge in [-0.1, -0.05) is 68.5 Å². The van der Waals surface area contributed by atoms with Crippen molar-refractivity contribution >= 4 is 21.9 Å². The molecule has 1 aliphatic heterocycles. The summed E-state index contributed by atoms with van der Waals surface area (Å²) in [5.41, 5.74) is 5.13. The molecule has 180 valence electrons. The monoisotopic (exact) mass is 471 g/mol. The highest BCUT2D eigenvalue weighted by atomic mass is 16.2. The first-order valence-corrected chi connectivity index (χ1v) is 12.0. The number of rotatable bonds is 6. The van der Waals surface area contributed by atoms with E-state index in [0.717, 1.165) is 27.3 Å². The van der Waals surface area contributed by atoms with Gasteiger partial charge < -0.3 is 0 Å². The van der Waals surface area contributed by atoms with Crippen LogP contribution in [-0.4, -0.2) is 25.1 Å². The van der Waals surface area contributed by atoms with Crippen LogP contribution in [-0.2, 0) is 20.0 Å². The summed E-state index contributed by atoms with van der Waals surface area (Å²) in [6, 6.07) is 14.0.